The minimum atomic E-state index is -3.50. The van der Waals surface area contributed by atoms with Crippen molar-refractivity contribution in [3.63, 3.8) is 0 Å². The standard InChI is InChI=1S/C15H12Cl2FNO3S/c1-23(21,22)10-3-5-13(18)14(8-10)19-15(20)7-9-2-4-11(16)12(17)6-9/h2-6,8H,7H2,1H3,(H,19,20). The van der Waals surface area contributed by atoms with Gasteiger partial charge < -0.3 is 5.32 Å². The molecule has 0 aliphatic rings. The SMILES string of the molecule is CS(=O)(=O)c1ccc(F)c(NC(=O)Cc2ccc(Cl)c(Cl)c2)c1. The van der Waals surface area contributed by atoms with E-state index >= 15 is 0 Å². The van der Waals surface area contributed by atoms with E-state index in [0.717, 1.165) is 24.5 Å². The number of halogens is 3. The predicted octanol–water partition coefficient (Wildman–Crippen LogP) is 3.72. The van der Waals surface area contributed by atoms with E-state index in [1.807, 2.05) is 0 Å². The fraction of sp³-hybridized carbons (Fsp3) is 0.133. The van der Waals surface area contributed by atoms with Crippen LogP contribution < -0.4 is 5.32 Å². The van der Waals surface area contributed by atoms with Crippen LogP contribution in [0.2, 0.25) is 10.0 Å². The smallest absolute Gasteiger partial charge is 0.228 e. The number of benzene rings is 2. The molecule has 2 aromatic carbocycles. The summed E-state index contributed by atoms with van der Waals surface area (Å²) in [6.45, 7) is 0. The summed E-state index contributed by atoms with van der Waals surface area (Å²) in [7, 11) is -3.50. The molecule has 1 amide bonds. The van der Waals surface area contributed by atoms with E-state index < -0.39 is 21.6 Å². The van der Waals surface area contributed by atoms with Gasteiger partial charge in [-0.1, -0.05) is 29.3 Å². The molecule has 0 unspecified atom stereocenters. The molecule has 8 heteroatoms. The van der Waals surface area contributed by atoms with Crippen molar-refractivity contribution in [2.45, 2.75) is 11.3 Å². The summed E-state index contributed by atoms with van der Waals surface area (Å²) < 4.78 is 36.7. The number of carbonyl (C=O) groups excluding carboxylic acids is 1. The van der Waals surface area contributed by atoms with Crippen LogP contribution in [0.3, 0.4) is 0 Å². The van der Waals surface area contributed by atoms with Gasteiger partial charge in [-0.2, -0.15) is 0 Å². The Bertz CT molecular complexity index is 869. The Labute approximate surface area is 143 Å². The van der Waals surface area contributed by atoms with Crippen LogP contribution in [0.15, 0.2) is 41.3 Å². The molecule has 0 spiro atoms. The maximum Gasteiger partial charge on any atom is 0.228 e. The van der Waals surface area contributed by atoms with E-state index in [9.17, 15) is 17.6 Å². The lowest BCUT2D eigenvalue weighted by atomic mass is 10.1. The van der Waals surface area contributed by atoms with Gasteiger partial charge in [0.05, 0.1) is 27.0 Å². The number of hydrogen-bond donors (Lipinski definition) is 1. The van der Waals surface area contributed by atoms with Gasteiger partial charge >= 0.3 is 0 Å². The Morgan fingerprint density at radius 2 is 1.83 bits per heavy atom. The topological polar surface area (TPSA) is 63.2 Å². The second-order valence-corrected chi connectivity index (χ2v) is 7.72. The van der Waals surface area contributed by atoms with Gasteiger partial charge in [-0.15, -0.1) is 0 Å². The summed E-state index contributed by atoms with van der Waals surface area (Å²) in [5.74, 6) is -1.23. The first-order valence-electron chi connectivity index (χ1n) is 6.40. The molecule has 1 N–H and O–H groups in total. The van der Waals surface area contributed by atoms with Crippen molar-refractivity contribution in [1.29, 1.82) is 0 Å². The van der Waals surface area contributed by atoms with Crippen molar-refractivity contribution in [2.75, 3.05) is 11.6 Å². The van der Waals surface area contributed by atoms with Crippen LogP contribution in [0.25, 0.3) is 0 Å². The number of nitrogens with one attached hydrogen (secondary N) is 1. The van der Waals surface area contributed by atoms with Gasteiger partial charge in [0.15, 0.2) is 9.84 Å². The number of carbonyl (C=O) groups is 1. The fourth-order valence-corrected chi connectivity index (χ4v) is 2.83. The molecule has 0 aliphatic heterocycles. The molecule has 0 atom stereocenters. The molecule has 0 fully saturated rings. The molecular weight excluding hydrogens is 364 g/mol. The van der Waals surface area contributed by atoms with Gasteiger partial charge in [0.25, 0.3) is 0 Å². The molecule has 0 heterocycles. The molecule has 0 radical (unpaired) electrons. The molecule has 122 valence electrons. The van der Waals surface area contributed by atoms with Crippen LogP contribution in [0, 0.1) is 5.82 Å². The number of anilines is 1. The summed E-state index contributed by atoms with van der Waals surface area (Å²) >= 11 is 11.7. The number of sulfone groups is 1. The second-order valence-electron chi connectivity index (χ2n) is 4.89. The van der Waals surface area contributed by atoms with Gasteiger partial charge in [-0.3, -0.25) is 4.79 Å². The van der Waals surface area contributed by atoms with E-state index in [4.69, 9.17) is 23.2 Å². The highest BCUT2D eigenvalue weighted by Gasteiger charge is 2.13. The van der Waals surface area contributed by atoms with Gasteiger partial charge in [-0.05, 0) is 35.9 Å². The van der Waals surface area contributed by atoms with E-state index in [1.165, 1.54) is 6.07 Å². The Morgan fingerprint density at radius 1 is 1.13 bits per heavy atom. The lowest BCUT2D eigenvalue weighted by Crippen LogP contribution is -2.16. The first-order chi connectivity index (χ1) is 10.7. The third kappa shape index (κ3) is 4.67. The average molecular weight is 376 g/mol. The Balaban J connectivity index is 2.18. The zero-order valence-electron chi connectivity index (χ0n) is 11.9. The summed E-state index contributed by atoms with van der Waals surface area (Å²) in [5.41, 5.74) is 0.398. The molecule has 23 heavy (non-hydrogen) atoms. The van der Waals surface area contributed by atoms with Crippen LogP contribution >= 0.6 is 23.2 Å². The molecular formula is C15H12Cl2FNO3S. The van der Waals surface area contributed by atoms with Crippen molar-refractivity contribution in [1.82, 2.24) is 0 Å². The third-order valence-corrected chi connectivity index (χ3v) is 4.84. The normalized spacial score (nSPS) is 11.3. The van der Waals surface area contributed by atoms with Crippen molar-refractivity contribution in [3.8, 4) is 0 Å². The molecule has 0 aromatic heterocycles. The largest absolute Gasteiger partial charge is 0.323 e. The molecule has 0 bridgehead atoms. The summed E-state index contributed by atoms with van der Waals surface area (Å²) in [6.07, 6.45) is 0.945. The highest BCUT2D eigenvalue weighted by molar-refractivity contribution is 7.90. The van der Waals surface area contributed by atoms with Crippen molar-refractivity contribution >= 4 is 44.6 Å². The molecule has 0 aliphatic carbocycles. The van der Waals surface area contributed by atoms with Crippen molar-refractivity contribution in [2.24, 2.45) is 0 Å². The van der Waals surface area contributed by atoms with Crippen LogP contribution in [-0.2, 0) is 21.1 Å². The van der Waals surface area contributed by atoms with Gasteiger partial charge in [0, 0.05) is 6.26 Å². The number of amides is 1. The minimum absolute atomic E-state index is 0.0561. The quantitative estimate of drug-likeness (QED) is 0.828. The Kier molecular flexibility index (Phi) is 5.29. The molecule has 4 nitrogen and oxygen atoms in total. The molecule has 2 rings (SSSR count). The first kappa shape index (κ1) is 17.7. The zero-order chi connectivity index (χ0) is 17.2. The van der Waals surface area contributed by atoms with E-state index in [1.54, 1.807) is 12.1 Å². The average Bonchev–Trinajstić information content (AvgIpc) is 2.44. The van der Waals surface area contributed by atoms with Crippen LogP contribution in [0.1, 0.15) is 5.56 Å². The maximum absolute atomic E-state index is 13.7. The van der Waals surface area contributed by atoms with Gasteiger partial charge in [-0.25, -0.2) is 12.8 Å². The lowest BCUT2D eigenvalue weighted by Gasteiger charge is -2.09. The predicted molar refractivity (Wildman–Crippen MR) is 88.3 cm³/mol. The molecule has 0 saturated heterocycles. The monoisotopic (exact) mass is 375 g/mol. The number of rotatable bonds is 4. The summed E-state index contributed by atoms with van der Waals surface area (Å²) in [4.78, 5) is 11.9. The first-order valence-corrected chi connectivity index (χ1v) is 9.05. The van der Waals surface area contributed by atoms with Crippen LogP contribution in [0.4, 0.5) is 10.1 Å². The number of hydrogen-bond acceptors (Lipinski definition) is 3. The summed E-state index contributed by atoms with van der Waals surface area (Å²) in [6, 6.07) is 7.92. The van der Waals surface area contributed by atoms with E-state index in [-0.39, 0.29) is 17.0 Å². The minimum Gasteiger partial charge on any atom is -0.323 e. The Morgan fingerprint density at radius 3 is 2.43 bits per heavy atom. The molecule has 2 aromatic rings. The zero-order valence-corrected chi connectivity index (χ0v) is 14.3. The van der Waals surface area contributed by atoms with E-state index in [0.29, 0.717) is 15.6 Å². The fourth-order valence-electron chi connectivity index (χ4n) is 1.86. The van der Waals surface area contributed by atoms with E-state index in [2.05, 4.69) is 5.32 Å². The second kappa shape index (κ2) is 6.86. The van der Waals surface area contributed by atoms with Gasteiger partial charge in [0.2, 0.25) is 5.91 Å². The Hall–Kier alpha value is -1.63. The molecule has 0 saturated carbocycles. The highest BCUT2D eigenvalue weighted by atomic mass is 35.5. The third-order valence-electron chi connectivity index (χ3n) is 2.99. The van der Waals surface area contributed by atoms with Crippen molar-refractivity contribution < 1.29 is 17.6 Å². The van der Waals surface area contributed by atoms with Crippen LogP contribution in [0.5, 0.6) is 0 Å². The maximum atomic E-state index is 13.7. The van der Waals surface area contributed by atoms with Crippen LogP contribution in [-0.4, -0.2) is 20.6 Å². The summed E-state index contributed by atoms with van der Waals surface area (Å²) in [5, 5.41) is 3.02. The van der Waals surface area contributed by atoms with Crippen molar-refractivity contribution in [3.05, 3.63) is 57.8 Å². The highest BCUT2D eigenvalue weighted by Crippen LogP contribution is 2.23. The van der Waals surface area contributed by atoms with Gasteiger partial charge in [0.1, 0.15) is 5.82 Å². The lowest BCUT2D eigenvalue weighted by molar-refractivity contribution is -0.115.